The molecule has 2 aromatic heterocycles. The number of benzene rings is 1. The van der Waals surface area contributed by atoms with Crippen LogP contribution >= 0.6 is 22.9 Å². The summed E-state index contributed by atoms with van der Waals surface area (Å²) in [5.74, 6) is 0.882. The van der Waals surface area contributed by atoms with E-state index in [-0.39, 0.29) is 0 Å². The lowest BCUT2D eigenvalue weighted by atomic mass is 10.1. The smallest absolute Gasteiger partial charge is 0.128 e. The number of hydrogen-bond donors (Lipinski definition) is 0. The highest BCUT2D eigenvalue weighted by Crippen LogP contribution is 2.35. The highest BCUT2D eigenvalue weighted by Gasteiger charge is 2.12. The standard InChI is InChI=1S/C15H13IN2O/c1-10-7-11-8-13(18(16)14(11)9-17-10)12-5-3-4-6-15(12)19-2/h3-9H,1-2H3. The molecule has 4 heteroatoms. The molecule has 3 nitrogen and oxygen atoms in total. The van der Waals surface area contributed by atoms with Crippen LogP contribution in [0.3, 0.4) is 0 Å². The fourth-order valence-electron chi connectivity index (χ4n) is 2.23. The molecule has 19 heavy (non-hydrogen) atoms. The average Bonchev–Trinajstić information content (AvgIpc) is 2.75. The Kier molecular flexibility index (Phi) is 3.18. The van der Waals surface area contributed by atoms with Gasteiger partial charge in [0.05, 0.1) is 47.4 Å². The van der Waals surface area contributed by atoms with Crippen LogP contribution in [0, 0.1) is 6.92 Å². The monoisotopic (exact) mass is 364 g/mol. The van der Waals surface area contributed by atoms with Gasteiger partial charge in [-0.1, -0.05) is 12.1 Å². The van der Waals surface area contributed by atoms with Crippen LogP contribution in [0.5, 0.6) is 5.75 Å². The fraction of sp³-hybridized carbons (Fsp3) is 0.133. The Morgan fingerprint density at radius 2 is 2.00 bits per heavy atom. The third kappa shape index (κ3) is 2.10. The Hall–Kier alpha value is -1.56. The molecule has 0 aliphatic rings. The van der Waals surface area contributed by atoms with Crippen molar-refractivity contribution in [3.63, 3.8) is 0 Å². The van der Waals surface area contributed by atoms with Crippen LogP contribution in [-0.4, -0.2) is 14.9 Å². The molecule has 0 atom stereocenters. The summed E-state index contributed by atoms with van der Waals surface area (Å²) in [5.41, 5.74) is 4.36. The maximum absolute atomic E-state index is 5.44. The maximum atomic E-state index is 5.44. The molecule has 0 saturated heterocycles. The topological polar surface area (TPSA) is 27.1 Å². The normalized spacial score (nSPS) is 10.9. The quantitative estimate of drug-likeness (QED) is 0.637. The number of hydrogen-bond acceptors (Lipinski definition) is 2. The second-order valence-electron chi connectivity index (χ2n) is 4.40. The summed E-state index contributed by atoms with van der Waals surface area (Å²) in [6.45, 7) is 2.01. The third-order valence-corrected chi connectivity index (χ3v) is 4.19. The Bertz CT molecular complexity index is 749. The van der Waals surface area contributed by atoms with Gasteiger partial charge in [-0.2, -0.15) is 0 Å². The van der Waals surface area contributed by atoms with E-state index in [0.29, 0.717) is 0 Å². The predicted molar refractivity (Wildman–Crippen MR) is 85.9 cm³/mol. The number of ether oxygens (including phenoxy) is 1. The van der Waals surface area contributed by atoms with Gasteiger partial charge < -0.3 is 4.74 Å². The summed E-state index contributed by atoms with van der Waals surface area (Å²) in [7, 11) is 1.70. The minimum absolute atomic E-state index is 0.882. The molecule has 1 aromatic carbocycles. The molecule has 3 aromatic rings. The molecule has 0 fully saturated rings. The van der Waals surface area contributed by atoms with Crippen LogP contribution < -0.4 is 4.74 Å². The van der Waals surface area contributed by atoms with E-state index in [1.165, 1.54) is 5.39 Å². The van der Waals surface area contributed by atoms with Gasteiger partial charge in [-0.25, -0.2) is 0 Å². The molecule has 0 N–H and O–H groups in total. The van der Waals surface area contributed by atoms with Gasteiger partial charge in [0.2, 0.25) is 0 Å². The summed E-state index contributed by atoms with van der Waals surface area (Å²) in [6, 6.07) is 12.3. The zero-order valence-electron chi connectivity index (χ0n) is 10.7. The lowest BCUT2D eigenvalue weighted by molar-refractivity contribution is 0.416. The van der Waals surface area contributed by atoms with Crippen molar-refractivity contribution in [1.82, 2.24) is 7.76 Å². The number of methoxy groups -OCH3 is 1. The molecule has 0 unspecified atom stereocenters. The number of para-hydroxylation sites is 1. The molecular formula is C15H13IN2O. The lowest BCUT2D eigenvalue weighted by Gasteiger charge is -2.08. The molecule has 0 spiro atoms. The van der Waals surface area contributed by atoms with Gasteiger partial charge in [-0.3, -0.25) is 7.76 Å². The minimum Gasteiger partial charge on any atom is -0.496 e. The number of aromatic nitrogens is 2. The molecule has 0 aliphatic heterocycles. The first kappa shape index (κ1) is 12.5. The van der Waals surface area contributed by atoms with Gasteiger partial charge in [-0.15, -0.1) is 0 Å². The van der Waals surface area contributed by atoms with Gasteiger partial charge >= 0.3 is 0 Å². The summed E-state index contributed by atoms with van der Waals surface area (Å²) in [4.78, 5) is 4.36. The van der Waals surface area contributed by atoms with Crippen molar-refractivity contribution in [2.45, 2.75) is 6.92 Å². The Morgan fingerprint density at radius 1 is 1.21 bits per heavy atom. The second-order valence-corrected chi connectivity index (χ2v) is 5.36. The zero-order chi connectivity index (χ0) is 13.4. The number of rotatable bonds is 2. The van der Waals surface area contributed by atoms with Crippen molar-refractivity contribution < 1.29 is 4.74 Å². The van der Waals surface area contributed by atoms with Crippen molar-refractivity contribution in [2.75, 3.05) is 7.11 Å². The van der Waals surface area contributed by atoms with Crippen molar-refractivity contribution in [1.29, 1.82) is 0 Å². The van der Waals surface area contributed by atoms with Gasteiger partial charge in [0.15, 0.2) is 0 Å². The number of aryl methyl sites for hydroxylation is 1. The number of pyridine rings is 1. The highest BCUT2D eigenvalue weighted by molar-refractivity contribution is 14.1. The fourth-order valence-corrected chi connectivity index (χ4v) is 3.03. The number of nitrogens with zero attached hydrogens (tertiary/aromatic N) is 2. The van der Waals surface area contributed by atoms with E-state index in [1.807, 2.05) is 31.3 Å². The van der Waals surface area contributed by atoms with E-state index in [9.17, 15) is 0 Å². The minimum atomic E-state index is 0.882. The largest absolute Gasteiger partial charge is 0.496 e. The van der Waals surface area contributed by atoms with E-state index in [0.717, 1.165) is 28.2 Å². The van der Waals surface area contributed by atoms with Gasteiger partial charge in [-0.05, 0) is 31.2 Å². The van der Waals surface area contributed by atoms with Crippen LogP contribution in [0.4, 0.5) is 0 Å². The first-order valence-corrected chi connectivity index (χ1v) is 6.95. The third-order valence-electron chi connectivity index (χ3n) is 3.15. The van der Waals surface area contributed by atoms with E-state index in [4.69, 9.17) is 4.74 Å². The molecule has 0 saturated carbocycles. The van der Waals surface area contributed by atoms with E-state index in [1.54, 1.807) is 7.11 Å². The molecule has 0 radical (unpaired) electrons. The number of fused-ring (bicyclic) bond motifs is 1. The number of halogens is 1. The maximum Gasteiger partial charge on any atom is 0.128 e. The Morgan fingerprint density at radius 3 is 2.79 bits per heavy atom. The lowest BCUT2D eigenvalue weighted by Crippen LogP contribution is -1.90. The molecule has 0 amide bonds. The first-order valence-electron chi connectivity index (χ1n) is 5.98. The van der Waals surface area contributed by atoms with Gasteiger partial charge in [0.1, 0.15) is 5.75 Å². The van der Waals surface area contributed by atoms with Gasteiger partial charge in [0.25, 0.3) is 0 Å². The average molecular weight is 364 g/mol. The van der Waals surface area contributed by atoms with E-state index in [2.05, 4.69) is 48.8 Å². The van der Waals surface area contributed by atoms with Crippen LogP contribution in [0.2, 0.25) is 0 Å². The summed E-state index contributed by atoms with van der Waals surface area (Å²) in [6.07, 6.45) is 1.91. The molecule has 2 heterocycles. The molecule has 96 valence electrons. The molecule has 0 bridgehead atoms. The summed E-state index contributed by atoms with van der Waals surface area (Å²) in [5, 5.41) is 1.20. The van der Waals surface area contributed by atoms with E-state index < -0.39 is 0 Å². The summed E-state index contributed by atoms with van der Waals surface area (Å²) >= 11 is 2.30. The second kappa shape index (κ2) is 4.85. The predicted octanol–water partition coefficient (Wildman–Crippen LogP) is 4.22. The van der Waals surface area contributed by atoms with E-state index >= 15 is 0 Å². The first-order chi connectivity index (χ1) is 9.20. The Labute approximate surface area is 125 Å². The van der Waals surface area contributed by atoms with Crippen LogP contribution in [0.1, 0.15) is 5.69 Å². The van der Waals surface area contributed by atoms with Crippen molar-refractivity contribution >= 4 is 33.8 Å². The van der Waals surface area contributed by atoms with Crippen molar-refractivity contribution in [3.8, 4) is 17.0 Å². The SMILES string of the molecule is COc1ccccc1-c1cc2cc(C)ncc2n1I. The van der Waals surface area contributed by atoms with Crippen molar-refractivity contribution in [3.05, 3.63) is 48.3 Å². The summed E-state index contributed by atoms with van der Waals surface area (Å²) < 4.78 is 7.56. The van der Waals surface area contributed by atoms with Crippen LogP contribution in [-0.2, 0) is 0 Å². The van der Waals surface area contributed by atoms with Crippen LogP contribution in [0.25, 0.3) is 22.2 Å². The van der Waals surface area contributed by atoms with Gasteiger partial charge in [0, 0.05) is 16.6 Å². The molecular weight excluding hydrogens is 351 g/mol. The van der Waals surface area contributed by atoms with Crippen LogP contribution in [0.15, 0.2) is 42.6 Å². The Balaban J connectivity index is 2.28. The van der Waals surface area contributed by atoms with Crippen molar-refractivity contribution in [2.24, 2.45) is 0 Å². The molecule has 0 aliphatic carbocycles. The zero-order valence-corrected chi connectivity index (χ0v) is 12.9. The highest BCUT2D eigenvalue weighted by atomic mass is 127. The molecule has 3 rings (SSSR count).